The summed E-state index contributed by atoms with van der Waals surface area (Å²) in [6.07, 6.45) is 2.72. The molecule has 1 fully saturated rings. The van der Waals surface area contributed by atoms with E-state index in [1.165, 1.54) is 12.8 Å². The maximum atomic E-state index is 4.00. The Hall–Kier alpha value is -0.0400. The molecule has 42 valence electrons. The van der Waals surface area contributed by atoms with Crippen LogP contribution in [0.1, 0.15) is 26.7 Å². The zero-order valence-corrected chi connectivity index (χ0v) is 5.20. The molecule has 3 N–H and O–H groups in total. The van der Waals surface area contributed by atoms with Crippen LogP contribution in [-0.4, -0.2) is 6.04 Å². The molecule has 0 bridgehead atoms. The van der Waals surface area contributed by atoms with Gasteiger partial charge in [0.15, 0.2) is 0 Å². The fraction of sp³-hybridized carbons (Fsp3) is 1.00. The fourth-order valence-corrected chi connectivity index (χ4v) is 0.926. The largest absolute Gasteiger partial charge is 0.355 e. The summed E-state index contributed by atoms with van der Waals surface area (Å²) < 4.78 is 0. The Morgan fingerprint density at radius 1 is 1.57 bits per heavy atom. The summed E-state index contributed by atoms with van der Waals surface area (Å²) in [6, 6.07) is 0.729. The van der Waals surface area contributed by atoms with E-state index in [2.05, 4.69) is 19.6 Å². The Morgan fingerprint density at radius 2 is 2.00 bits per heavy atom. The van der Waals surface area contributed by atoms with Gasteiger partial charge in [-0.25, -0.2) is 0 Å². The predicted molar refractivity (Wildman–Crippen MR) is 29.7 cm³/mol. The average molecular weight is 100 g/mol. The molecule has 0 radical (unpaired) electrons. The number of quaternary nitrogens is 1. The van der Waals surface area contributed by atoms with Gasteiger partial charge in [-0.2, -0.15) is 0 Å². The van der Waals surface area contributed by atoms with Crippen LogP contribution in [0.2, 0.25) is 0 Å². The van der Waals surface area contributed by atoms with Gasteiger partial charge in [-0.1, -0.05) is 13.8 Å². The van der Waals surface area contributed by atoms with Gasteiger partial charge in [0.25, 0.3) is 0 Å². The first-order valence-electron chi connectivity index (χ1n) is 2.96. The SMILES string of the molecule is CC1(C)CCC1[NH3+]. The van der Waals surface area contributed by atoms with Crippen LogP contribution >= 0.6 is 0 Å². The number of rotatable bonds is 0. The van der Waals surface area contributed by atoms with Crippen LogP contribution in [-0.2, 0) is 0 Å². The van der Waals surface area contributed by atoms with Crippen molar-refractivity contribution in [2.24, 2.45) is 5.41 Å². The van der Waals surface area contributed by atoms with Crippen LogP contribution in [0.15, 0.2) is 0 Å². The minimum Gasteiger partial charge on any atom is -0.355 e. The molecule has 1 atom stereocenters. The Morgan fingerprint density at radius 3 is 2.00 bits per heavy atom. The molecule has 1 aliphatic carbocycles. The summed E-state index contributed by atoms with van der Waals surface area (Å²) in [6.45, 7) is 4.57. The second-order valence-corrected chi connectivity index (χ2v) is 3.22. The van der Waals surface area contributed by atoms with Gasteiger partial charge >= 0.3 is 0 Å². The molecule has 0 amide bonds. The molecule has 7 heavy (non-hydrogen) atoms. The van der Waals surface area contributed by atoms with Gasteiger partial charge in [-0.3, -0.25) is 0 Å². The molecule has 1 unspecified atom stereocenters. The van der Waals surface area contributed by atoms with Gasteiger partial charge in [0.05, 0.1) is 6.04 Å². The molecular weight excluding hydrogens is 86.1 g/mol. The summed E-state index contributed by atoms with van der Waals surface area (Å²) >= 11 is 0. The minimum atomic E-state index is 0.569. The molecule has 1 rings (SSSR count). The lowest BCUT2D eigenvalue weighted by atomic mass is 9.68. The number of hydrogen-bond acceptors (Lipinski definition) is 0. The standard InChI is InChI=1S/C6H13N/c1-6(2)4-3-5(6)7/h5H,3-4,7H2,1-2H3/p+1. The van der Waals surface area contributed by atoms with E-state index < -0.39 is 0 Å². The Bertz CT molecular complexity index is 76.2. The van der Waals surface area contributed by atoms with Gasteiger partial charge in [0.1, 0.15) is 0 Å². The lowest BCUT2D eigenvalue weighted by Crippen LogP contribution is -2.71. The van der Waals surface area contributed by atoms with Crippen LogP contribution in [0.25, 0.3) is 0 Å². The topological polar surface area (TPSA) is 27.6 Å². The minimum absolute atomic E-state index is 0.569. The summed E-state index contributed by atoms with van der Waals surface area (Å²) in [5.74, 6) is 0. The molecular formula is C6H14N+. The smallest absolute Gasteiger partial charge is 0.0895 e. The molecule has 0 heterocycles. The molecule has 1 nitrogen and oxygen atoms in total. The Balaban J connectivity index is 2.43. The number of hydrogen-bond donors (Lipinski definition) is 1. The van der Waals surface area contributed by atoms with E-state index in [1.807, 2.05) is 0 Å². The summed E-state index contributed by atoms with van der Waals surface area (Å²) in [7, 11) is 0. The van der Waals surface area contributed by atoms with E-state index in [-0.39, 0.29) is 0 Å². The predicted octanol–water partition coefficient (Wildman–Crippen LogP) is 0.417. The normalized spacial score (nSPS) is 37.3. The van der Waals surface area contributed by atoms with E-state index in [1.54, 1.807) is 0 Å². The fourth-order valence-electron chi connectivity index (χ4n) is 0.926. The third kappa shape index (κ3) is 0.653. The first-order valence-corrected chi connectivity index (χ1v) is 2.96. The molecule has 1 saturated carbocycles. The molecule has 0 aromatic carbocycles. The van der Waals surface area contributed by atoms with Gasteiger partial charge in [-0.15, -0.1) is 0 Å². The lowest BCUT2D eigenvalue weighted by molar-refractivity contribution is -0.468. The molecule has 0 aromatic heterocycles. The first kappa shape index (κ1) is 5.10. The van der Waals surface area contributed by atoms with Gasteiger partial charge in [-0.05, 0) is 6.42 Å². The van der Waals surface area contributed by atoms with Crippen molar-refractivity contribution in [1.29, 1.82) is 0 Å². The molecule has 0 aliphatic heterocycles. The highest BCUT2D eigenvalue weighted by molar-refractivity contribution is 4.86. The van der Waals surface area contributed by atoms with E-state index >= 15 is 0 Å². The van der Waals surface area contributed by atoms with Gasteiger partial charge in [0, 0.05) is 11.8 Å². The van der Waals surface area contributed by atoms with Crippen molar-refractivity contribution < 1.29 is 5.73 Å². The van der Waals surface area contributed by atoms with Gasteiger partial charge < -0.3 is 5.73 Å². The zero-order chi connectivity index (χ0) is 5.49. The molecule has 0 aromatic rings. The van der Waals surface area contributed by atoms with Crippen molar-refractivity contribution in [3.63, 3.8) is 0 Å². The Labute approximate surface area is 44.9 Å². The van der Waals surface area contributed by atoms with E-state index in [9.17, 15) is 0 Å². The molecule has 1 aliphatic rings. The highest BCUT2D eigenvalue weighted by atomic mass is 14.7. The lowest BCUT2D eigenvalue weighted by Gasteiger charge is -2.38. The quantitative estimate of drug-likeness (QED) is 0.457. The summed E-state index contributed by atoms with van der Waals surface area (Å²) in [5.41, 5.74) is 4.57. The highest BCUT2D eigenvalue weighted by Crippen LogP contribution is 2.36. The summed E-state index contributed by atoms with van der Waals surface area (Å²) in [5, 5.41) is 0. The van der Waals surface area contributed by atoms with Crippen molar-refractivity contribution in [2.75, 3.05) is 0 Å². The maximum absolute atomic E-state index is 4.00. The van der Waals surface area contributed by atoms with Gasteiger partial charge in [0.2, 0.25) is 0 Å². The third-order valence-electron chi connectivity index (χ3n) is 2.24. The monoisotopic (exact) mass is 100 g/mol. The Kier molecular flexibility index (Phi) is 0.890. The zero-order valence-electron chi connectivity index (χ0n) is 5.20. The summed E-state index contributed by atoms with van der Waals surface area (Å²) in [4.78, 5) is 0. The van der Waals surface area contributed by atoms with Crippen LogP contribution in [0.5, 0.6) is 0 Å². The average Bonchev–Trinajstić information content (AvgIpc) is 1.63. The van der Waals surface area contributed by atoms with Crippen molar-refractivity contribution in [3.8, 4) is 0 Å². The maximum Gasteiger partial charge on any atom is 0.0895 e. The van der Waals surface area contributed by atoms with Crippen LogP contribution < -0.4 is 5.73 Å². The molecule has 1 heteroatoms. The van der Waals surface area contributed by atoms with E-state index in [0.29, 0.717) is 5.41 Å². The third-order valence-corrected chi connectivity index (χ3v) is 2.24. The second kappa shape index (κ2) is 1.22. The van der Waals surface area contributed by atoms with Crippen LogP contribution in [0.3, 0.4) is 0 Å². The highest BCUT2D eigenvalue weighted by Gasteiger charge is 2.38. The second-order valence-electron chi connectivity index (χ2n) is 3.22. The van der Waals surface area contributed by atoms with Crippen molar-refractivity contribution in [2.45, 2.75) is 32.7 Å². The van der Waals surface area contributed by atoms with Crippen molar-refractivity contribution in [1.82, 2.24) is 0 Å². The van der Waals surface area contributed by atoms with Crippen LogP contribution in [0, 0.1) is 5.41 Å². The van der Waals surface area contributed by atoms with Crippen molar-refractivity contribution in [3.05, 3.63) is 0 Å². The van der Waals surface area contributed by atoms with Crippen LogP contribution in [0.4, 0.5) is 0 Å². The molecule has 0 saturated heterocycles. The van der Waals surface area contributed by atoms with E-state index in [4.69, 9.17) is 0 Å². The first-order chi connectivity index (χ1) is 3.13. The van der Waals surface area contributed by atoms with E-state index in [0.717, 1.165) is 6.04 Å². The van der Waals surface area contributed by atoms with Crippen molar-refractivity contribution >= 4 is 0 Å². The molecule has 0 spiro atoms.